The predicted octanol–water partition coefficient (Wildman–Crippen LogP) is 4.72. The molecule has 1 saturated heterocycles. The number of hydrogen-bond acceptors (Lipinski definition) is 4. The number of rotatable bonds is 8. The maximum absolute atomic E-state index is 13.6. The molecule has 172 valence electrons. The van der Waals surface area contributed by atoms with E-state index in [1.807, 2.05) is 44.3 Å². The van der Waals surface area contributed by atoms with Crippen LogP contribution in [-0.2, 0) is 17.8 Å². The SMILES string of the molecule is COc1ccccc1CN1CCC(Cc2ccccc2-c2cccnc2)(C(=O)NC(C)C)C1. The van der Waals surface area contributed by atoms with Gasteiger partial charge in [-0.25, -0.2) is 0 Å². The van der Waals surface area contributed by atoms with Crippen LogP contribution in [0.5, 0.6) is 5.75 Å². The van der Waals surface area contributed by atoms with Gasteiger partial charge in [0.1, 0.15) is 5.75 Å². The first-order chi connectivity index (χ1) is 16.0. The fourth-order valence-corrected chi connectivity index (χ4v) is 4.84. The second kappa shape index (κ2) is 10.2. The van der Waals surface area contributed by atoms with Crippen LogP contribution in [0.15, 0.2) is 73.1 Å². The topological polar surface area (TPSA) is 54.5 Å². The number of benzene rings is 2. The quantitative estimate of drug-likeness (QED) is 0.548. The number of hydrogen-bond donors (Lipinski definition) is 1. The monoisotopic (exact) mass is 443 g/mol. The molecule has 1 aromatic heterocycles. The molecule has 1 amide bonds. The Bertz CT molecular complexity index is 1080. The summed E-state index contributed by atoms with van der Waals surface area (Å²) in [6.45, 7) is 6.40. The Kier molecular flexibility index (Phi) is 7.09. The Hall–Kier alpha value is -3.18. The van der Waals surface area contributed by atoms with Crippen molar-refractivity contribution < 1.29 is 9.53 Å². The summed E-state index contributed by atoms with van der Waals surface area (Å²) in [6, 6.07) is 20.6. The molecule has 5 heteroatoms. The standard InChI is InChI=1S/C28H33N3O2/c1-21(2)30-27(32)28(14-16-31(20-28)19-24-10-5-7-13-26(24)33-3)17-22-9-4-6-12-25(22)23-11-8-15-29-18-23/h4-13,15,18,21H,14,16-17,19-20H2,1-3H3,(H,30,32). The number of carbonyl (C=O) groups is 1. The Labute approximate surface area is 196 Å². The number of aromatic nitrogens is 1. The number of nitrogens with one attached hydrogen (secondary N) is 1. The van der Waals surface area contributed by atoms with Gasteiger partial charge in [-0.3, -0.25) is 14.7 Å². The lowest BCUT2D eigenvalue weighted by Gasteiger charge is -2.30. The molecule has 0 saturated carbocycles. The highest BCUT2D eigenvalue weighted by atomic mass is 16.5. The van der Waals surface area contributed by atoms with Crippen molar-refractivity contribution in [1.82, 2.24) is 15.2 Å². The van der Waals surface area contributed by atoms with Gasteiger partial charge < -0.3 is 10.1 Å². The van der Waals surface area contributed by atoms with Crippen LogP contribution < -0.4 is 10.1 Å². The van der Waals surface area contributed by atoms with Gasteiger partial charge in [-0.15, -0.1) is 0 Å². The number of nitrogens with zero attached hydrogens (tertiary/aromatic N) is 2. The Morgan fingerprint density at radius 1 is 1.09 bits per heavy atom. The number of methoxy groups -OCH3 is 1. The molecule has 0 bridgehead atoms. The number of carbonyl (C=O) groups excluding carboxylic acids is 1. The second-order valence-corrected chi connectivity index (χ2v) is 9.26. The highest BCUT2D eigenvalue weighted by Gasteiger charge is 2.45. The van der Waals surface area contributed by atoms with E-state index >= 15 is 0 Å². The van der Waals surface area contributed by atoms with E-state index in [1.165, 1.54) is 5.56 Å². The summed E-state index contributed by atoms with van der Waals surface area (Å²) in [7, 11) is 1.71. The van der Waals surface area contributed by atoms with Crippen LogP contribution in [0.4, 0.5) is 0 Å². The summed E-state index contributed by atoms with van der Waals surface area (Å²) in [5.41, 5.74) is 4.08. The lowest BCUT2D eigenvalue weighted by Crippen LogP contribution is -2.46. The summed E-state index contributed by atoms with van der Waals surface area (Å²) in [5, 5.41) is 3.21. The predicted molar refractivity (Wildman–Crippen MR) is 132 cm³/mol. The maximum atomic E-state index is 13.6. The number of para-hydroxylation sites is 1. The van der Waals surface area contributed by atoms with E-state index in [0.29, 0.717) is 13.0 Å². The Balaban J connectivity index is 1.63. The van der Waals surface area contributed by atoms with Crippen molar-refractivity contribution in [2.45, 2.75) is 39.3 Å². The molecule has 1 atom stereocenters. The van der Waals surface area contributed by atoms with Crippen molar-refractivity contribution in [2.75, 3.05) is 20.2 Å². The molecular formula is C28H33N3O2. The lowest BCUT2D eigenvalue weighted by atomic mass is 9.78. The van der Waals surface area contributed by atoms with E-state index < -0.39 is 5.41 Å². The van der Waals surface area contributed by atoms with Crippen LogP contribution in [0.1, 0.15) is 31.4 Å². The van der Waals surface area contributed by atoms with E-state index in [0.717, 1.165) is 42.0 Å². The van der Waals surface area contributed by atoms with Gasteiger partial charge in [0.05, 0.1) is 12.5 Å². The minimum atomic E-state index is -0.482. The molecule has 1 unspecified atom stereocenters. The van der Waals surface area contributed by atoms with Crippen LogP contribution >= 0.6 is 0 Å². The molecule has 0 aliphatic carbocycles. The molecule has 2 aromatic carbocycles. The molecule has 1 aliphatic heterocycles. The van der Waals surface area contributed by atoms with Gasteiger partial charge in [-0.1, -0.05) is 48.5 Å². The minimum absolute atomic E-state index is 0.103. The lowest BCUT2D eigenvalue weighted by molar-refractivity contribution is -0.131. The van der Waals surface area contributed by atoms with E-state index in [4.69, 9.17) is 4.74 Å². The first-order valence-electron chi connectivity index (χ1n) is 11.6. The molecule has 1 aliphatic rings. The summed E-state index contributed by atoms with van der Waals surface area (Å²) in [4.78, 5) is 20.3. The number of amides is 1. The number of likely N-dealkylation sites (tertiary alicyclic amines) is 1. The molecule has 2 heterocycles. The van der Waals surface area contributed by atoms with Gasteiger partial charge in [-0.2, -0.15) is 0 Å². The average molecular weight is 444 g/mol. The van der Waals surface area contributed by atoms with E-state index in [2.05, 4.69) is 51.6 Å². The summed E-state index contributed by atoms with van der Waals surface area (Å²) < 4.78 is 5.56. The largest absolute Gasteiger partial charge is 0.496 e. The Morgan fingerprint density at radius 2 is 1.85 bits per heavy atom. The zero-order chi connectivity index (χ0) is 23.3. The molecule has 0 radical (unpaired) electrons. The molecule has 33 heavy (non-hydrogen) atoms. The number of pyridine rings is 1. The average Bonchev–Trinajstić information content (AvgIpc) is 3.23. The third kappa shape index (κ3) is 5.25. The molecule has 1 N–H and O–H groups in total. The van der Waals surface area contributed by atoms with Crippen LogP contribution in [-0.4, -0.2) is 42.0 Å². The van der Waals surface area contributed by atoms with Gasteiger partial charge in [-0.05, 0) is 56.5 Å². The molecule has 3 aromatic rings. The smallest absolute Gasteiger partial charge is 0.228 e. The second-order valence-electron chi connectivity index (χ2n) is 9.26. The van der Waals surface area contributed by atoms with Crippen molar-refractivity contribution in [3.8, 4) is 16.9 Å². The Morgan fingerprint density at radius 3 is 2.58 bits per heavy atom. The summed E-state index contributed by atoms with van der Waals surface area (Å²) in [5.74, 6) is 1.03. The van der Waals surface area contributed by atoms with Gasteiger partial charge >= 0.3 is 0 Å². The van der Waals surface area contributed by atoms with Crippen molar-refractivity contribution in [3.05, 3.63) is 84.2 Å². The van der Waals surface area contributed by atoms with E-state index in [1.54, 1.807) is 13.3 Å². The maximum Gasteiger partial charge on any atom is 0.228 e. The first-order valence-corrected chi connectivity index (χ1v) is 11.6. The van der Waals surface area contributed by atoms with Crippen molar-refractivity contribution in [2.24, 2.45) is 5.41 Å². The first kappa shape index (κ1) is 23.0. The summed E-state index contributed by atoms with van der Waals surface area (Å²) in [6.07, 6.45) is 5.19. The van der Waals surface area contributed by atoms with E-state index in [-0.39, 0.29) is 11.9 Å². The van der Waals surface area contributed by atoms with Gasteiger partial charge in [0, 0.05) is 42.7 Å². The molecule has 5 nitrogen and oxygen atoms in total. The summed E-state index contributed by atoms with van der Waals surface area (Å²) >= 11 is 0. The van der Waals surface area contributed by atoms with Crippen molar-refractivity contribution in [3.63, 3.8) is 0 Å². The minimum Gasteiger partial charge on any atom is -0.496 e. The number of ether oxygens (including phenoxy) is 1. The molecule has 1 fully saturated rings. The third-order valence-electron chi connectivity index (χ3n) is 6.44. The van der Waals surface area contributed by atoms with Crippen molar-refractivity contribution in [1.29, 1.82) is 0 Å². The van der Waals surface area contributed by atoms with Crippen LogP contribution in [0.2, 0.25) is 0 Å². The normalized spacial score (nSPS) is 18.4. The molecular weight excluding hydrogens is 410 g/mol. The van der Waals surface area contributed by atoms with E-state index in [9.17, 15) is 4.79 Å². The fourth-order valence-electron chi connectivity index (χ4n) is 4.84. The highest BCUT2D eigenvalue weighted by molar-refractivity contribution is 5.84. The van der Waals surface area contributed by atoms with Gasteiger partial charge in [0.15, 0.2) is 0 Å². The van der Waals surface area contributed by atoms with Crippen LogP contribution in [0.3, 0.4) is 0 Å². The zero-order valence-electron chi connectivity index (χ0n) is 19.8. The molecule has 4 rings (SSSR count). The highest BCUT2D eigenvalue weighted by Crippen LogP contribution is 2.38. The van der Waals surface area contributed by atoms with Gasteiger partial charge in [0.2, 0.25) is 5.91 Å². The molecule has 0 spiro atoms. The van der Waals surface area contributed by atoms with Crippen LogP contribution in [0.25, 0.3) is 11.1 Å². The third-order valence-corrected chi connectivity index (χ3v) is 6.44. The fraction of sp³-hybridized carbons (Fsp3) is 0.357. The van der Waals surface area contributed by atoms with Gasteiger partial charge in [0.25, 0.3) is 0 Å². The van der Waals surface area contributed by atoms with Crippen molar-refractivity contribution >= 4 is 5.91 Å². The zero-order valence-corrected chi connectivity index (χ0v) is 19.8. The van der Waals surface area contributed by atoms with Crippen LogP contribution in [0, 0.1) is 5.41 Å².